The van der Waals surface area contributed by atoms with Crippen LogP contribution in [0.1, 0.15) is 309 Å². The molecule has 6 unspecified atom stereocenters. The Kier molecular flexibility index (Phi) is 26.2. The summed E-state index contributed by atoms with van der Waals surface area (Å²) in [6.45, 7) is 29.1. The second-order valence-corrected chi connectivity index (χ2v) is 32.5. The molecule has 0 N–H and O–H groups in total. The molecule has 101 heavy (non-hydrogen) atoms. The van der Waals surface area contributed by atoms with Crippen molar-refractivity contribution in [2.24, 2.45) is 35.5 Å². The Hall–Kier alpha value is -6.38. The van der Waals surface area contributed by atoms with Crippen molar-refractivity contribution in [3.63, 3.8) is 0 Å². The van der Waals surface area contributed by atoms with E-state index in [1.54, 1.807) is 35.4 Å². The molecule has 8 aromatic carbocycles. The molecule has 0 bridgehead atoms. The van der Waals surface area contributed by atoms with E-state index in [2.05, 4.69) is 192 Å². The first kappa shape index (κ1) is 75.8. The number of hydrogen-bond donors (Lipinski definition) is 0. The molecule has 0 fully saturated rings. The maximum atomic E-state index is 14.6. The molecule has 538 valence electrons. The minimum atomic E-state index is -0.186. The summed E-state index contributed by atoms with van der Waals surface area (Å²) in [6.07, 6.45) is 36.4. The number of unbranched alkanes of at least 4 members (excludes halogenated alkanes) is 6. The predicted octanol–water partition coefficient (Wildman–Crippen LogP) is 31.1. The summed E-state index contributed by atoms with van der Waals surface area (Å²) in [5, 5.41) is 0. The molecular formula is C99H128F2. The predicted molar refractivity (Wildman–Crippen MR) is 434 cm³/mol. The van der Waals surface area contributed by atoms with E-state index in [1.165, 1.54) is 243 Å². The van der Waals surface area contributed by atoms with Gasteiger partial charge in [0.05, 0.1) is 0 Å². The number of halogens is 2. The Morgan fingerprint density at radius 1 is 0.218 bits per heavy atom. The van der Waals surface area contributed by atoms with Gasteiger partial charge in [-0.3, -0.25) is 0 Å². The van der Waals surface area contributed by atoms with Crippen LogP contribution in [0.3, 0.4) is 0 Å². The van der Waals surface area contributed by atoms with Crippen molar-refractivity contribution >= 4 is 0 Å². The van der Waals surface area contributed by atoms with Gasteiger partial charge >= 0.3 is 0 Å². The summed E-state index contributed by atoms with van der Waals surface area (Å²) in [5.74, 6) is 3.22. The first-order chi connectivity index (χ1) is 49.2. The molecule has 3 aliphatic rings. The largest absolute Gasteiger partial charge is 0.207 e. The van der Waals surface area contributed by atoms with E-state index < -0.39 is 0 Å². The van der Waals surface area contributed by atoms with Crippen molar-refractivity contribution < 1.29 is 8.78 Å². The van der Waals surface area contributed by atoms with Crippen molar-refractivity contribution in [3.05, 3.63) is 203 Å². The topological polar surface area (TPSA) is 0 Å². The Morgan fingerprint density at radius 2 is 0.376 bits per heavy atom. The van der Waals surface area contributed by atoms with Crippen molar-refractivity contribution in [3.8, 4) is 77.9 Å². The van der Waals surface area contributed by atoms with Crippen molar-refractivity contribution in [1.29, 1.82) is 0 Å². The smallest absolute Gasteiger partial charge is 0.123 e. The molecule has 0 nitrogen and oxygen atoms in total. The average Bonchev–Trinajstić information content (AvgIpc) is 1.56. The highest BCUT2D eigenvalue weighted by Gasteiger charge is 2.50. The summed E-state index contributed by atoms with van der Waals surface area (Å²) < 4.78 is 29.3. The van der Waals surface area contributed by atoms with E-state index in [1.807, 2.05) is 24.3 Å². The van der Waals surface area contributed by atoms with Gasteiger partial charge in [-0.25, -0.2) is 8.78 Å². The van der Waals surface area contributed by atoms with Gasteiger partial charge in [0.2, 0.25) is 0 Å². The molecule has 0 aromatic heterocycles. The van der Waals surface area contributed by atoms with E-state index in [0.717, 1.165) is 49.7 Å². The summed E-state index contributed by atoms with van der Waals surface area (Å²) in [6, 6.07) is 60.3. The van der Waals surface area contributed by atoms with Gasteiger partial charge in [0.1, 0.15) is 11.6 Å². The minimum Gasteiger partial charge on any atom is -0.207 e. The molecule has 0 saturated carbocycles. The Bertz CT molecular complexity index is 3670. The zero-order chi connectivity index (χ0) is 71.3. The van der Waals surface area contributed by atoms with Crippen LogP contribution in [0.15, 0.2) is 158 Å². The first-order valence-electron chi connectivity index (χ1n) is 41.7. The molecule has 0 saturated heterocycles. The number of rotatable bonds is 40. The monoisotopic (exact) mass is 1350 g/mol. The fraction of sp³-hybridized carbons (Fsp3) is 0.515. The van der Waals surface area contributed by atoms with E-state index in [9.17, 15) is 8.78 Å². The molecular weight excluding hydrogens is 1230 g/mol. The average molecular weight is 1360 g/mol. The van der Waals surface area contributed by atoms with Gasteiger partial charge in [-0.1, -0.05) is 334 Å². The van der Waals surface area contributed by atoms with Crippen molar-refractivity contribution in [2.75, 3.05) is 0 Å². The number of fused-ring (bicyclic) bond motifs is 9. The summed E-state index contributed by atoms with van der Waals surface area (Å²) in [7, 11) is 0. The Labute approximate surface area is 613 Å². The lowest BCUT2D eigenvalue weighted by molar-refractivity contribution is 0.266. The van der Waals surface area contributed by atoms with Crippen molar-refractivity contribution in [1.82, 2.24) is 0 Å². The number of hydrogen-bond acceptors (Lipinski definition) is 0. The van der Waals surface area contributed by atoms with E-state index in [0.29, 0.717) is 35.5 Å². The quantitative estimate of drug-likeness (QED) is 0.0359. The summed E-state index contributed by atoms with van der Waals surface area (Å²) in [5.41, 5.74) is 27.1. The molecule has 0 spiro atoms. The van der Waals surface area contributed by atoms with Crippen LogP contribution in [-0.4, -0.2) is 0 Å². The van der Waals surface area contributed by atoms with Crippen LogP contribution < -0.4 is 0 Å². The standard InChI is InChI=1S/C99H128F2/c1-13-25-31-69(19-7)63-97(64-70(20-8)32-26-14-2)91-57-77(75-37-47-83(100)48-38-75)41-51-85(91)87-53-43-79(59-93(87)97)81-45-55-89-90-56-46-82(62-96(90)99(95(89)61-81,67-73(23-11)35-29-17-5)68-74(24-12)36-30-18-6)80-44-54-88-86-52-42-78(76-39-49-84(101)50-40-76)58-92(86)98(94(88)60-80,65-71(21-9)33-27-15-3)66-72(22-10)34-28-16-4/h37-62,69-74H,13-36,63-68H2,1-12H3. The number of benzene rings is 8. The van der Waals surface area contributed by atoms with Gasteiger partial charge in [0.25, 0.3) is 0 Å². The second-order valence-electron chi connectivity index (χ2n) is 32.5. The summed E-state index contributed by atoms with van der Waals surface area (Å²) >= 11 is 0. The second kappa shape index (κ2) is 34.9. The third-order valence-corrected chi connectivity index (χ3v) is 26.2. The first-order valence-corrected chi connectivity index (χ1v) is 41.7. The van der Waals surface area contributed by atoms with Gasteiger partial charge in [-0.15, -0.1) is 0 Å². The highest BCUT2D eigenvalue weighted by molar-refractivity contribution is 5.91. The normalized spacial score (nSPS) is 18.9. The molecule has 6 atom stereocenters. The highest BCUT2D eigenvalue weighted by Crippen LogP contribution is 2.62. The lowest BCUT2D eigenvalue weighted by Crippen LogP contribution is -2.32. The summed E-state index contributed by atoms with van der Waals surface area (Å²) in [4.78, 5) is 0. The SMILES string of the molecule is CCCCC(CC)CC1(CC(CC)CCCC)c2cc(-c3ccc(F)cc3)ccc2-c2ccc(-c3ccc4c(c3)C(CC(CC)CCCC)(CC(CC)CCCC)c3cc(-c5ccc6c(c5)C(CC(CC)CCCC)(CC(CC)CCCC)c5cc(-c7ccc(F)cc7)ccc5-6)ccc3-4)cc21. The lowest BCUT2D eigenvalue weighted by Gasteiger charge is -2.39. The Balaban J connectivity index is 1.11. The van der Waals surface area contributed by atoms with Gasteiger partial charge in [0, 0.05) is 16.2 Å². The van der Waals surface area contributed by atoms with E-state index in [-0.39, 0.29) is 27.9 Å². The molecule has 2 heteroatoms. The van der Waals surface area contributed by atoms with Gasteiger partial charge in [0.15, 0.2) is 0 Å². The lowest BCUT2D eigenvalue weighted by atomic mass is 9.64. The molecule has 0 radical (unpaired) electrons. The van der Waals surface area contributed by atoms with Crippen LogP contribution in [-0.2, 0) is 16.2 Å². The molecule has 0 amide bonds. The molecule has 8 aromatic rings. The third kappa shape index (κ3) is 16.0. The zero-order valence-corrected chi connectivity index (χ0v) is 64.9. The van der Waals surface area contributed by atoms with Crippen molar-refractivity contribution in [2.45, 2.75) is 292 Å². The maximum absolute atomic E-state index is 14.6. The highest BCUT2D eigenvalue weighted by atomic mass is 19.1. The Morgan fingerprint density at radius 3 is 0.535 bits per heavy atom. The molecule has 3 aliphatic carbocycles. The maximum Gasteiger partial charge on any atom is 0.123 e. The fourth-order valence-corrected chi connectivity index (χ4v) is 20.0. The minimum absolute atomic E-state index is 0.166. The fourth-order valence-electron chi connectivity index (χ4n) is 20.0. The zero-order valence-electron chi connectivity index (χ0n) is 64.9. The van der Waals surface area contributed by atoms with Crippen LogP contribution >= 0.6 is 0 Å². The third-order valence-electron chi connectivity index (χ3n) is 26.2. The van der Waals surface area contributed by atoms with E-state index in [4.69, 9.17) is 0 Å². The molecule has 11 rings (SSSR count). The van der Waals surface area contributed by atoms with Crippen LogP contribution in [0.2, 0.25) is 0 Å². The van der Waals surface area contributed by atoms with Gasteiger partial charge in [-0.2, -0.15) is 0 Å². The van der Waals surface area contributed by atoms with Crippen LogP contribution in [0, 0.1) is 47.1 Å². The van der Waals surface area contributed by atoms with Crippen LogP contribution in [0.4, 0.5) is 8.78 Å². The van der Waals surface area contributed by atoms with E-state index >= 15 is 0 Å². The molecule has 0 heterocycles. The van der Waals surface area contributed by atoms with Crippen LogP contribution in [0.25, 0.3) is 77.9 Å². The van der Waals surface area contributed by atoms with Crippen LogP contribution in [0.5, 0.6) is 0 Å². The van der Waals surface area contributed by atoms with Gasteiger partial charge < -0.3 is 0 Å². The molecule has 0 aliphatic heterocycles. The van der Waals surface area contributed by atoms with Gasteiger partial charge in [-0.05, 0) is 246 Å².